The lowest BCUT2D eigenvalue weighted by atomic mass is 9.83. The molecule has 0 bridgehead atoms. The summed E-state index contributed by atoms with van der Waals surface area (Å²) in [4.78, 5) is 0. The van der Waals surface area contributed by atoms with E-state index in [-0.39, 0.29) is 0 Å². The van der Waals surface area contributed by atoms with Gasteiger partial charge in [-0.1, -0.05) is 103 Å². The van der Waals surface area contributed by atoms with Crippen LogP contribution in [0.25, 0.3) is 74.2 Å². The number of allylic oxidation sites excluding steroid dienone is 1. The van der Waals surface area contributed by atoms with Crippen LogP contribution < -0.4 is 20.9 Å². The molecule has 0 N–H and O–H groups in total. The van der Waals surface area contributed by atoms with Crippen LogP contribution in [0.1, 0.15) is 43.2 Å². The Morgan fingerprint density at radius 3 is 1.97 bits per heavy atom. The summed E-state index contributed by atoms with van der Waals surface area (Å²) in [5.41, 5.74) is 8.39. The maximum absolute atomic E-state index is 2.51. The van der Waals surface area contributed by atoms with Gasteiger partial charge in [-0.3, -0.25) is 0 Å². The van der Waals surface area contributed by atoms with Gasteiger partial charge in [0, 0.05) is 0 Å². The number of benzene rings is 5. The molecule has 38 heavy (non-hydrogen) atoms. The maximum atomic E-state index is 2.51. The number of aryl methyl sites for hydroxylation is 1. The smallest absolute Gasteiger partial charge is 0.00234 e. The first-order chi connectivity index (χ1) is 18.9. The molecule has 0 fully saturated rings. The quantitative estimate of drug-likeness (QED) is 0.252. The molecule has 3 aliphatic rings. The van der Waals surface area contributed by atoms with Crippen molar-refractivity contribution in [2.45, 2.75) is 38.5 Å². The summed E-state index contributed by atoms with van der Waals surface area (Å²) < 4.78 is 0. The Hall–Kier alpha value is -4.16. The van der Waals surface area contributed by atoms with Gasteiger partial charge in [-0.2, -0.15) is 0 Å². The van der Waals surface area contributed by atoms with Gasteiger partial charge < -0.3 is 0 Å². The third kappa shape index (κ3) is 3.30. The Kier molecular flexibility index (Phi) is 5.01. The van der Waals surface area contributed by atoms with Crippen LogP contribution in [0.5, 0.6) is 0 Å². The zero-order chi connectivity index (χ0) is 25.1. The number of fused-ring (bicyclic) bond motifs is 6. The molecule has 0 aromatic heterocycles. The Balaban J connectivity index is 1.53. The normalized spacial score (nSPS) is 15.5. The Labute approximate surface area is 223 Å². The van der Waals surface area contributed by atoms with E-state index in [2.05, 4.69) is 109 Å². The van der Waals surface area contributed by atoms with Crippen molar-refractivity contribution in [3.63, 3.8) is 0 Å². The Morgan fingerprint density at radius 2 is 1.16 bits per heavy atom. The molecular weight excluding hydrogens is 456 g/mol. The highest BCUT2D eigenvalue weighted by Crippen LogP contribution is 2.33. The van der Waals surface area contributed by atoms with Gasteiger partial charge in [-0.25, -0.2) is 0 Å². The summed E-state index contributed by atoms with van der Waals surface area (Å²) in [5, 5.41) is 11.1. The van der Waals surface area contributed by atoms with Crippen molar-refractivity contribution in [1.29, 1.82) is 0 Å². The average Bonchev–Trinajstić information content (AvgIpc) is 2.99. The van der Waals surface area contributed by atoms with Gasteiger partial charge >= 0.3 is 0 Å². The van der Waals surface area contributed by atoms with Crippen LogP contribution in [-0.4, -0.2) is 0 Å². The molecule has 8 rings (SSSR count). The zero-order valence-electron chi connectivity index (χ0n) is 21.6. The van der Waals surface area contributed by atoms with Crippen LogP contribution in [0.2, 0.25) is 0 Å². The minimum Gasteiger partial charge on any atom is -0.0836 e. The van der Waals surface area contributed by atoms with Gasteiger partial charge in [0.2, 0.25) is 0 Å². The lowest BCUT2D eigenvalue weighted by Gasteiger charge is -2.20. The van der Waals surface area contributed by atoms with Crippen LogP contribution in [0.15, 0.2) is 78.9 Å². The fourth-order valence-corrected chi connectivity index (χ4v) is 7.04. The molecule has 0 amide bonds. The number of hydrogen-bond acceptors (Lipinski definition) is 0. The van der Waals surface area contributed by atoms with E-state index in [0.717, 1.165) is 38.5 Å². The highest BCUT2D eigenvalue weighted by atomic mass is 14.2. The second kappa shape index (κ2) is 8.71. The van der Waals surface area contributed by atoms with Crippen LogP contribution in [-0.2, 0) is 6.42 Å². The van der Waals surface area contributed by atoms with Crippen LogP contribution >= 0.6 is 0 Å². The van der Waals surface area contributed by atoms with E-state index in [9.17, 15) is 0 Å². The fraction of sp³-hybridized carbons (Fsp3) is 0.158. The summed E-state index contributed by atoms with van der Waals surface area (Å²) in [6.07, 6.45) is 21.2. The first-order valence-electron chi connectivity index (χ1n) is 14.1. The van der Waals surface area contributed by atoms with Gasteiger partial charge in [0.15, 0.2) is 0 Å². The lowest BCUT2D eigenvalue weighted by molar-refractivity contribution is 0.986. The largest absolute Gasteiger partial charge is 0.0836 e. The van der Waals surface area contributed by atoms with E-state index >= 15 is 0 Å². The molecule has 5 aromatic rings. The van der Waals surface area contributed by atoms with Crippen molar-refractivity contribution in [2.75, 3.05) is 0 Å². The SMILES string of the molecule is C1=Cc2ccc(-c3c4c(c(-c5cc6ccccc6c6c5=CCCC=6)c5ccccc35)=CCCC=4)cc2CC1. The Bertz CT molecular complexity index is 2070. The van der Waals surface area contributed by atoms with Gasteiger partial charge in [-0.05, 0) is 120 Å². The third-order valence-corrected chi connectivity index (χ3v) is 8.73. The molecule has 3 aliphatic carbocycles. The summed E-state index contributed by atoms with van der Waals surface area (Å²) in [6, 6.07) is 27.6. The summed E-state index contributed by atoms with van der Waals surface area (Å²) in [5.74, 6) is 0. The minimum atomic E-state index is 1.10. The molecule has 0 nitrogen and oxygen atoms in total. The van der Waals surface area contributed by atoms with Gasteiger partial charge in [-0.15, -0.1) is 0 Å². The van der Waals surface area contributed by atoms with E-state index in [1.165, 1.54) is 75.8 Å². The molecule has 0 unspecified atom stereocenters. The van der Waals surface area contributed by atoms with E-state index in [1.54, 1.807) is 0 Å². The predicted octanol–water partition coefficient (Wildman–Crippen LogP) is 7.00. The summed E-state index contributed by atoms with van der Waals surface area (Å²) >= 11 is 0. The lowest BCUT2D eigenvalue weighted by Crippen LogP contribution is -2.35. The van der Waals surface area contributed by atoms with Gasteiger partial charge in [0.1, 0.15) is 0 Å². The molecule has 182 valence electrons. The second-order valence-electron chi connectivity index (χ2n) is 10.9. The van der Waals surface area contributed by atoms with E-state index < -0.39 is 0 Å². The van der Waals surface area contributed by atoms with E-state index in [0.29, 0.717) is 0 Å². The van der Waals surface area contributed by atoms with Crippen molar-refractivity contribution in [1.82, 2.24) is 0 Å². The first kappa shape index (κ1) is 21.9. The highest BCUT2D eigenvalue weighted by molar-refractivity contribution is 6.07. The topological polar surface area (TPSA) is 0 Å². The molecule has 0 aliphatic heterocycles. The van der Waals surface area contributed by atoms with Crippen LogP contribution in [0.3, 0.4) is 0 Å². The molecule has 0 saturated carbocycles. The van der Waals surface area contributed by atoms with E-state index in [1.807, 2.05) is 0 Å². The van der Waals surface area contributed by atoms with Crippen molar-refractivity contribution >= 4 is 51.9 Å². The predicted molar refractivity (Wildman–Crippen MR) is 165 cm³/mol. The molecule has 0 radical (unpaired) electrons. The average molecular weight is 487 g/mol. The highest BCUT2D eigenvalue weighted by Gasteiger charge is 2.19. The summed E-state index contributed by atoms with van der Waals surface area (Å²) in [6.45, 7) is 0. The van der Waals surface area contributed by atoms with Gasteiger partial charge in [0.05, 0.1) is 0 Å². The maximum Gasteiger partial charge on any atom is -0.00234 e. The molecule has 0 saturated heterocycles. The van der Waals surface area contributed by atoms with Crippen molar-refractivity contribution in [3.05, 3.63) is 111 Å². The van der Waals surface area contributed by atoms with Crippen LogP contribution in [0.4, 0.5) is 0 Å². The van der Waals surface area contributed by atoms with Crippen molar-refractivity contribution in [3.8, 4) is 22.3 Å². The molecule has 0 spiro atoms. The minimum absolute atomic E-state index is 1.10. The molecule has 0 heteroatoms. The molecule has 5 aromatic carbocycles. The monoisotopic (exact) mass is 486 g/mol. The number of rotatable bonds is 2. The van der Waals surface area contributed by atoms with Crippen molar-refractivity contribution in [2.24, 2.45) is 0 Å². The third-order valence-electron chi connectivity index (χ3n) is 8.73. The number of hydrogen-bond donors (Lipinski definition) is 0. The zero-order valence-corrected chi connectivity index (χ0v) is 21.6. The molecule has 0 atom stereocenters. The molecular formula is C38H30. The van der Waals surface area contributed by atoms with Crippen LogP contribution in [0, 0.1) is 0 Å². The standard InChI is InChI=1S/C38H30/c1-2-12-26-23-28(22-21-25(26)11-1)37-32-17-7-9-19-34(32)38(35-20-10-8-18-33(35)37)36-24-27-13-3-4-14-29(27)30-15-5-6-16-31(30)36/h1,3-4,7,9,11,13-24H,2,5-6,8,10,12H2. The summed E-state index contributed by atoms with van der Waals surface area (Å²) in [7, 11) is 0. The van der Waals surface area contributed by atoms with E-state index in [4.69, 9.17) is 0 Å². The molecule has 0 heterocycles. The Morgan fingerprint density at radius 1 is 0.500 bits per heavy atom. The fourth-order valence-electron chi connectivity index (χ4n) is 7.04. The van der Waals surface area contributed by atoms with Crippen molar-refractivity contribution < 1.29 is 0 Å². The first-order valence-corrected chi connectivity index (χ1v) is 14.1. The van der Waals surface area contributed by atoms with Gasteiger partial charge in [0.25, 0.3) is 0 Å². The second-order valence-corrected chi connectivity index (χ2v) is 10.9.